The fraction of sp³-hybridized carbons (Fsp3) is 0.381. The maximum absolute atomic E-state index is 6.28. The highest BCUT2D eigenvalue weighted by atomic mass is 35.5. The number of halogens is 2. The van der Waals surface area contributed by atoms with E-state index in [1.165, 1.54) is 11.1 Å². The number of nitrogens with zero attached hydrogens (tertiary/aromatic N) is 1. The molecular weight excluding hydrogens is 365 g/mol. The van der Waals surface area contributed by atoms with E-state index < -0.39 is 0 Å². The van der Waals surface area contributed by atoms with Crippen molar-refractivity contribution in [3.8, 4) is 0 Å². The Morgan fingerprint density at radius 3 is 2.65 bits per heavy atom. The van der Waals surface area contributed by atoms with Gasteiger partial charge in [-0.05, 0) is 62.0 Å². The highest BCUT2D eigenvalue weighted by molar-refractivity contribution is 6.42. The van der Waals surface area contributed by atoms with Gasteiger partial charge in [-0.2, -0.15) is 0 Å². The minimum Gasteiger partial charge on any atom is -0.343 e. The summed E-state index contributed by atoms with van der Waals surface area (Å²) in [5.41, 5.74) is 3.54. The zero-order chi connectivity index (χ0) is 18.0. The monoisotopic (exact) mass is 387 g/mol. The number of fused-ring (bicyclic) bond motifs is 1. The molecule has 0 radical (unpaired) electrons. The van der Waals surface area contributed by atoms with Gasteiger partial charge in [0.25, 0.3) is 0 Å². The molecule has 1 atom stereocenters. The standard InChI is InChI=1S/C21H23Cl2N3/c22-17-11-16-13-21(7-4-9-24-10-8-21)20(26-19(16)12-18(17)23)25-14-15-5-2-1-3-6-15/h1-3,5-6,11-12,24H,4,7-10,13-14H2,(H,25,26). The van der Waals surface area contributed by atoms with E-state index in [4.69, 9.17) is 28.2 Å². The Morgan fingerprint density at radius 2 is 1.81 bits per heavy atom. The molecule has 4 rings (SSSR count). The Balaban J connectivity index is 1.71. The summed E-state index contributed by atoms with van der Waals surface area (Å²) in [6.07, 6.45) is 4.32. The molecule has 5 heteroatoms. The Bertz CT molecular complexity index is 810. The summed E-state index contributed by atoms with van der Waals surface area (Å²) in [7, 11) is 0. The summed E-state index contributed by atoms with van der Waals surface area (Å²) in [5, 5.41) is 8.34. The lowest BCUT2D eigenvalue weighted by Gasteiger charge is -2.39. The van der Waals surface area contributed by atoms with Crippen LogP contribution in [0.2, 0.25) is 10.0 Å². The van der Waals surface area contributed by atoms with Gasteiger partial charge in [0.2, 0.25) is 0 Å². The lowest BCUT2D eigenvalue weighted by atomic mass is 9.72. The number of hydrogen-bond acceptors (Lipinski definition) is 2. The number of rotatable bonds is 2. The Labute approximate surface area is 164 Å². The van der Waals surface area contributed by atoms with E-state index in [2.05, 4.69) is 34.9 Å². The van der Waals surface area contributed by atoms with E-state index >= 15 is 0 Å². The van der Waals surface area contributed by atoms with Gasteiger partial charge in [-0.3, -0.25) is 4.99 Å². The van der Waals surface area contributed by atoms with Crippen LogP contribution in [-0.4, -0.2) is 18.9 Å². The van der Waals surface area contributed by atoms with Gasteiger partial charge in [-0.15, -0.1) is 0 Å². The quantitative estimate of drug-likeness (QED) is 0.731. The van der Waals surface area contributed by atoms with Crippen LogP contribution in [0.4, 0.5) is 5.69 Å². The van der Waals surface area contributed by atoms with Gasteiger partial charge in [-0.25, -0.2) is 0 Å². The van der Waals surface area contributed by atoms with Crippen LogP contribution < -0.4 is 10.6 Å². The second-order valence-electron chi connectivity index (χ2n) is 7.26. The second kappa shape index (κ2) is 7.59. The van der Waals surface area contributed by atoms with Crippen molar-refractivity contribution in [3.05, 3.63) is 63.6 Å². The number of hydrogen-bond donors (Lipinski definition) is 2. The highest BCUT2D eigenvalue weighted by Gasteiger charge is 2.40. The van der Waals surface area contributed by atoms with Gasteiger partial charge in [-0.1, -0.05) is 53.5 Å². The number of amidine groups is 1. The predicted molar refractivity (Wildman–Crippen MR) is 111 cm³/mol. The van der Waals surface area contributed by atoms with Gasteiger partial charge in [0, 0.05) is 11.1 Å². The van der Waals surface area contributed by atoms with Gasteiger partial charge in [0.1, 0.15) is 5.84 Å². The molecule has 2 heterocycles. The van der Waals surface area contributed by atoms with E-state index in [1.54, 1.807) is 0 Å². The number of aliphatic imine (C=N–C) groups is 1. The molecule has 1 fully saturated rings. The first-order valence-corrected chi connectivity index (χ1v) is 9.96. The molecule has 2 aromatic rings. The van der Waals surface area contributed by atoms with E-state index in [9.17, 15) is 0 Å². The van der Waals surface area contributed by atoms with Crippen molar-refractivity contribution in [2.45, 2.75) is 32.2 Å². The number of nitrogens with one attached hydrogen (secondary N) is 2. The summed E-state index contributed by atoms with van der Waals surface area (Å²) in [5.74, 6) is 1.09. The van der Waals surface area contributed by atoms with Crippen molar-refractivity contribution in [3.63, 3.8) is 0 Å². The molecule has 0 aromatic heterocycles. The third kappa shape index (κ3) is 3.62. The third-order valence-corrected chi connectivity index (χ3v) is 6.20. The zero-order valence-corrected chi connectivity index (χ0v) is 16.2. The summed E-state index contributed by atoms with van der Waals surface area (Å²) in [4.78, 5) is 5.02. The van der Waals surface area contributed by atoms with Crippen molar-refractivity contribution >= 4 is 34.7 Å². The molecule has 0 bridgehead atoms. The number of benzene rings is 2. The summed E-state index contributed by atoms with van der Waals surface area (Å²) in [6, 6.07) is 14.4. The molecule has 0 saturated carbocycles. The van der Waals surface area contributed by atoms with Gasteiger partial charge in [0.15, 0.2) is 0 Å². The minimum atomic E-state index is 0.0441. The first-order chi connectivity index (χ1) is 12.7. The van der Waals surface area contributed by atoms with Gasteiger partial charge >= 0.3 is 0 Å². The van der Waals surface area contributed by atoms with Crippen LogP contribution in [0.25, 0.3) is 0 Å². The smallest absolute Gasteiger partial charge is 0.108 e. The van der Waals surface area contributed by atoms with Crippen LogP contribution in [0, 0.1) is 5.41 Å². The molecule has 3 nitrogen and oxygen atoms in total. The van der Waals surface area contributed by atoms with E-state index in [-0.39, 0.29) is 5.41 Å². The van der Waals surface area contributed by atoms with E-state index in [0.717, 1.165) is 50.3 Å². The van der Waals surface area contributed by atoms with E-state index in [1.807, 2.05) is 18.2 Å². The number of anilines is 1. The average Bonchev–Trinajstić information content (AvgIpc) is 2.89. The molecule has 0 aliphatic carbocycles. The van der Waals surface area contributed by atoms with Crippen molar-refractivity contribution in [1.82, 2.24) is 5.32 Å². The molecule has 2 aromatic carbocycles. The van der Waals surface area contributed by atoms with Crippen LogP contribution >= 0.6 is 23.2 Å². The average molecular weight is 388 g/mol. The molecule has 2 aliphatic heterocycles. The molecular formula is C21H23Cl2N3. The summed E-state index contributed by atoms with van der Waals surface area (Å²) < 4.78 is 0. The predicted octanol–water partition coefficient (Wildman–Crippen LogP) is 5.32. The van der Waals surface area contributed by atoms with Gasteiger partial charge < -0.3 is 10.6 Å². The fourth-order valence-electron chi connectivity index (χ4n) is 4.06. The first kappa shape index (κ1) is 17.8. The zero-order valence-electron chi connectivity index (χ0n) is 14.7. The molecule has 1 unspecified atom stereocenters. The Kier molecular flexibility index (Phi) is 5.21. The molecule has 1 saturated heterocycles. The third-order valence-electron chi connectivity index (χ3n) is 5.48. The minimum absolute atomic E-state index is 0.0441. The molecule has 2 N–H and O–H groups in total. The van der Waals surface area contributed by atoms with Crippen LogP contribution in [0.1, 0.15) is 30.4 Å². The molecule has 26 heavy (non-hydrogen) atoms. The maximum atomic E-state index is 6.28. The van der Waals surface area contributed by atoms with E-state index in [0.29, 0.717) is 16.6 Å². The Morgan fingerprint density at radius 1 is 1.00 bits per heavy atom. The topological polar surface area (TPSA) is 36.4 Å². The SMILES string of the molecule is Clc1cc2c(cc1Cl)NC(=NCc1ccccc1)C1(CCCNCC1)C2. The second-order valence-corrected chi connectivity index (χ2v) is 8.07. The van der Waals surface area contributed by atoms with Crippen molar-refractivity contribution in [2.75, 3.05) is 18.4 Å². The first-order valence-electron chi connectivity index (χ1n) is 9.21. The van der Waals surface area contributed by atoms with Crippen molar-refractivity contribution in [2.24, 2.45) is 10.4 Å². The summed E-state index contributed by atoms with van der Waals surface area (Å²) >= 11 is 12.5. The Hall–Kier alpha value is -1.55. The van der Waals surface area contributed by atoms with Crippen molar-refractivity contribution < 1.29 is 0 Å². The summed E-state index contributed by atoms with van der Waals surface area (Å²) in [6.45, 7) is 2.78. The largest absolute Gasteiger partial charge is 0.343 e. The lowest BCUT2D eigenvalue weighted by Crippen LogP contribution is -2.42. The normalized spacial score (nSPS) is 24.2. The molecule has 2 aliphatic rings. The van der Waals surface area contributed by atoms with Crippen LogP contribution in [-0.2, 0) is 13.0 Å². The molecule has 1 spiro atoms. The highest BCUT2D eigenvalue weighted by Crippen LogP contribution is 2.43. The maximum Gasteiger partial charge on any atom is 0.108 e. The van der Waals surface area contributed by atoms with Crippen molar-refractivity contribution in [1.29, 1.82) is 0 Å². The lowest BCUT2D eigenvalue weighted by molar-refractivity contribution is 0.363. The van der Waals surface area contributed by atoms with Crippen LogP contribution in [0.5, 0.6) is 0 Å². The molecule has 136 valence electrons. The molecule has 0 amide bonds. The fourth-order valence-corrected chi connectivity index (χ4v) is 4.41. The van der Waals surface area contributed by atoms with Crippen LogP contribution in [0.15, 0.2) is 47.5 Å². The van der Waals surface area contributed by atoms with Crippen LogP contribution in [0.3, 0.4) is 0 Å². The van der Waals surface area contributed by atoms with Gasteiger partial charge in [0.05, 0.1) is 16.6 Å².